The van der Waals surface area contributed by atoms with E-state index in [0.717, 1.165) is 11.4 Å². The highest BCUT2D eigenvalue weighted by Gasteiger charge is 2.35. The van der Waals surface area contributed by atoms with E-state index in [1.807, 2.05) is 19.9 Å². The molecule has 8 heteroatoms. The van der Waals surface area contributed by atoms with Gasteiger partial charge in [0.15, 0.2) is 5.82 Å². The number of amides is 1. The summed E-state index contributed by atoms with van der Waals surface area (Å²) in [6, 6.07) is 5.08. The third-order valence-electron chi connectivity index (χ3n) is 4.19. The van der Waals surface area contributed by atoms with Crippen LogP contribution in [0.2, 0.25) is 5.02 Å². The van der Waals surface area contributed by atoms with Gasteiger partial charge in [-0.3, -0.25) is 4.79 Å². The van der Waals surface area contributed by atoms with E-state index in [4.69, 9.17) is 17.3 Å². The number of halogens is 1. The van der Waals surface area contributed by atoms with Crippen molar-refractivity contribution in [1.29, 1.82) is 0 Å². The van der Waals surface area contributed by atoms with Gasteiger partial charge in [0.25, 0.3) is 5.91 Å². The van der Waals surface area contributed by atoms with Crippen molar-refractivity contribution in [3.05, 3.63) is 40.3 Å². The van der Waals surface area contributed by atoms with Crippen molar-refractivity contribution in [3.63, 3.8) is 0 Å². The fourth-order valence-electron chi connectivity index (χ4n) is 3.06. The molecule has 0 saturated carbocycles. The van der Waals surface area contributed by atoms with E-state index in [-0.39, 0.29) is 35.8 Å². The van der Waals surface area contributed by atoms with Crippen molar-refractivity contribution in [3.8, 4) is 5.82 Å². The SMILES string of the molecule is Cc1cc(C)n(-c2ccc(Cl)c(C(=O)N3C[C@H](O)C[C@@H]3CN)n2)n1. The first-order chi connectivity index (χ1) is 11.4. The predicted octanol–water partition coefficient (Wildman–Crippen LogP) is 1.07. The molecule has 0 radical (unpaired) electrons. The van der Waals surface area contributed by atoms with Crippen LogP contribution in [-0.4, -0.2) is 55.9 Å². The zero-order valence-corrected chi connectivity index (χ0v) is 14.4. The van der Waals surface area contributed by atoms with Gasteiger partial charge in [-0.05, 0) is 38.5 Å². The first kappa shape index (κ1) is 16.9. The fourth-order valence-corrected chi connectivity index (χ4v) is 3.25. The van der Waals surface area contributed by atoms with Crippen LogP contribution in [0, 0.1) is 13.8 Å². The normalized spacial score (nSPS) is 20.6. The number of pyridine rings is 1. The number of aliphatic hydroxyl groups is 1. The number of aryl methyl sites for hydroxylation is 2. The largest absolute Gasteiger partial charge is 0.391 e. The highest BCUT2D eigenvalue weighted by molar-refractivity contribution is 6.33. The predicted molar refractivity (Wildman–Crippen MR) is 90.3 cm³/mol. The lowest BCUT2D eigenvalue weighted by molar-refractivity contribution is 0.0715. The summed E-state index contributed by atoms with van der Waals surface area (Å²) in [4.78, 5) is 18.8. The van der Waals surface area contributed by atoms with Crippen LogP contribution >= 0.6 is 11.6 Å². The van der Waals surface area contributed by atoms with Crippen LogP contribution in [0.15, 0.2) is 18.2 Å². The van der Waals surface area contributed by atoms with Gasteiger partial charge < -0.3 is 15.7 Å². The van der Waals surface area contributed by atoms with Crippen molar-refractivity contribution < 1.29 is 9.90 Å². The number of carbonyl (C=O) groups excluding carboxylic acids is 1. The van der Waals surface area contributed by atoms with Crippen LogP contribution in [0.4, 0.5) is 0 Å². The number of nitrogens with zero attached hydrogens (tertiary/aromatic N) is 4. The lowest BCUT2D eigenvalue weighted by atomic mass is 10.2. The smallest absolute Gasteiger partial charge is 0.274 e. The van der Waals surface area contributed by atoms with Crippen LogP contribution in [0.25, 0.3) is 5.82 Å². The van der Waals surface area contributed by atoms with Crippen LogP contribution in [0.5, 0.6) is 0 Å². The molecule has 1 amide bonds. The quantitative estimate of drug-likeness (QED) is 0.864. The van der Waals surface area contributed by atoms with Gasteiger partial charge in [0, 0.05) is 24.8 Å². The summed E-state index contributed by atoms with van der Waals surface area (Å²) in [5, 5.41) is 14.5. The Morgan fingerprint density at radius 2 is 2.21 bits per heavy atom. The minimum atomic E-state index is -0.569. The van der Waals surface area contributed by atoms with Crippen molar-refractivity contribution in [2.75, 3.05) is 13.1 Å². The molecule has 1 fully saturated rings. The summed E-state index contributed by atoms with van der Waals surface area (Å²) >= 11 is 6.20. The van der Waals surface area contributed by atoms with E-state index in [1.165, 1.54) is 0 Å². The molecule has 2 aromatic heterocycles. The second-order valence-electron chi connectivity index (χ2n) is 6.08. The maximum absolute atomic E-state index is 12.8. The number of aliphatic hydroxyl groups excluding tert-OH is 1. The van der Waals surface area contributed by atoms with Crippen LogP contribution < -0.4 is 5.73 Å². The molecule has 1 saturated heterocycles. The molecule has 24 heavy (non-hydrogen) atoms. The monoisotopic (exact) mass is 349 g/mol. The number of carbonyl (C=O) groups is 1. The average molecular weight is 350 g/mol. The number of nitrogens with two attached hydrogens (primary N) is 1. The lowest BCUT2D eigenvalue weighted by Crippen LogP contribution is -2.40. The Morgan fingerprint density at radius 3 is 2.83 bits per heavy atom. The molecule has 0 aliphatic carbocycles. The highest BCUT2D eigenvalue weighted by Crippen LogP contribution is 2.24. The molecule has 0 aromatic carbocycles. The zero-order valence-electron chi connectivity index (χ0n) is 13.6. The molecule has 0 unspecified atom stereocenters. The minimum absolute atomic E-state index is 0.147. The minimum Gasteiger partial charge on any atom is -0.391 e. The maximum Gasteiger partial charge on any atom is 0.274 e. The molecule has 1 aliphatic heterocycles. The Hall–Kier alpha value is -1.96. The van der Waals surface area contributed by atoms with Gasteiger partial charge in [-0.15, -0.1) is 0 Å². The van der Waals surface area contributed by atoms with Gasteiger partial charge in [-0.1, -0.05) is 11.6 Å². The Balaban J connectivity index is 1.97. The summed E-state index contributed by atoms with van der Waals surface area (Å²) in [5.74, 6) is 0.202. The topological polar surface area (TPSA) is 97.3 Å². The van der Waals surface area contributed by atoms with Gasteiger partial charge in [-0.2, -0.15) is 5.10 Å². The number of rotatable bonds is 3. The van der Waals surface area contributed by atoms with Crippen LogP contribution in [0.1, 0.15) is 28.3 Å². The second kappa shape index (κ2) is 6.51. The van der Waals surface area contributed by atoms with Gasteiger partial charge >= 0.3 is 0 Å². The number of likely N-dealkylation sites (tertiary alicyclic amines) is 1. The van der Waals surface area contributed by atoms with Crippen LogP contribution in [0.3, 0.4) is 0 Å². The standard InChI is InChI=1S/C16H20ClN5O2/c1-9-5-10(2)22(20-9)14-4-3-13(17)15(19-14)16(24)21-8-12(23)6-11(21)7-18/h3-5,11-12,23H,6-8,18H2,1-2H3/t11-,12-/m1/s1. The van der Waals surface area contributed by atoms with Gasteiger partial charge in [0.05, 0.1) is 16.8 Å². The maximum atomic E-state index is 12.8. The summed E-state index contributed by atoms with van der Waals surface area (Å²) in [5.41, 5.74) is 7.64. The average Bonchev–Trinajstić information content (AvgIpc) is 3.09. The molecule has 7 nitrogen and oxygen atoms in total. The van der Waals surface area contributed by atoms with E-state index in [2.05, 4.69) is 10.1 Å². The fraction of sp³-hybridized carbons (Fsp3) is 0.438. The molecule has 128 valence electrons. The van der Waals surface area contributed by atoms with E-state index >= 15 is 0 Å². The summed E-state index contributed by atoms with van der Waals surface area (Å²) in [7, 11) is 0. The van der Waals surface area contributed by atoms with E-state index in [1.54, 1.807) is 21.7 Å². The molecular formula is C16H20ClN5O2. The highest BCUT2D eigenvalue weighted by atomic mass is 35.5. The summed E-state index contributed by atoms with van der Waals surface area (Å²) in [6.45, 7) is 4.34. The van der Waals surface area contributed by atoms with Crippen molar-refractivity contribution >= 4 is 17.5 Å². The number of hydrogen-bond acceptors (Lipinski definition) is 5. The van der Waals surface area contributed by atoms with Crippen molar-refractivity contribution in [2.24, 2.45) is 5.73 Å². The van der Waals surface area contributed by atoms with E-state index in [0.29, 0.717) is 12.2 Å². The molecule has 1 aliphatic rings. The molecule has 3 heterocycles. The number of aromatic nitrogens is 3. The third-order valence-corrected chi connectivity index (χ3v) is 4.49. The molecule has 3 rings (SSSR count). The number of hydrogen-bond donors (Lipinski definition) is 2. The second-order valence-corrected chi connectivity index (χ2v) is 6.48. The molecule has 2 atom stereocenters. The van der Waals surface area contributed by atoms with Gasteiger partial charge in [0.1, 0.15) is 5.69 Å². The Morgan fingerprint density at radius 1 is 1.46 bits per heavy atom. The van der Waals surface area contributed by atoms with Crippen molar-refractivity contribution in [2.45, 2.75) is 32.4 Å². The van der Waals surface area contributed by atoms with E-state index in [9.17, 15) is 9.90 Å². The first-order valence-corrected chi connectivity index (χ1v) is 8.17. The third kappa shape index (κ3) is 3.02. The Bertz CT molecular complexity index is 776. The Labute approximate surface area is 145 Å². The molecule has 3 N–H and O–H groups in total. The van der Waals surface area contributed by atoms with E-state index < -0.39 is 6.10 Å². The zero-order chi connectivity index (χ0) is 17.4. The van der Waals surface area contributed by atoms with Gasteiger partial charge in [0.2, 0.25) is 0 Å². The number of β-amino-alcohol motifs (C(OH)–C–C–N with tert-alkyl or cyclic N) is 1. The summed E-state index contributed by atoms with van der Waals surface area (Å²) in [6.07, 6.45) is -0.0998. The van der Waals surface area contributed by atoms with Gasteiger partial charge in [-0.25, -0.2) is 9.67 Å². The molecule has 0 spiro atoms. The molecule has 0 bridgehead atoms. The lowest BCUT2D eigenvalue weighted by Gasteiger charge is -2.23. The molecular weight excluding hydrogens is 330 g/mol. The summed E-state index contributed by atoms with van der Waals surface area (Å²) < 4.78 is 1.67. The molecule has 2 aromatic rings. The Kier molecular flexibility index (Phi) is 4.58. The van der Waals surface area contributed by atoms with Crippen LogP contribution in [-0.2, 0) is 0 Å². The van der Waals surface area contributed by atoms with Crippen molar-refractivity contribution in [1.82, 2.24) is 19.7 Å². The first-order valence-electron chi connectivity index (χ1n) is 7.80.